The average Bonchev–Trinajstić information content (AvgIpc) is 3.35. The van der Waals surface area contributed by atoms with Gasteiger partial charge in [0.1, 0.15) is 6.04 Å². The summed E-state index contributed by atoms with van der Waals surface area (Å²) >= 11 is 6.21. The number of piperidine rings is 1. The van der Waals surface area contributed by atoms with Crippen molar-refractivity contribution in [1.82, 2.24) is 19.4 Å². The van der Waals surface area contributed by atoms with Crippen LogP contribution >= 0.6 is 11.6 Å². The molecule has 0 aromatic heterocycles. The molecule has 0 bridgehead atoms. The minimum Gasteiger partial charge on any atom is -0.354 e. The van der Waals surface area contributed by atoms with Crippen LogP contribution in [0.3, 0.4) is 0 Å². The van der Waals surface area contributed by atoms with Crippen molar-refractivity contribution >= 4 is 43.3 Å². The summed E-state index contributed by atoms with van der Waals surface area (Å²) in [5.41, 5.74) is 0. The first-order valence-electron chi connectivity index (χ1n) is 13.6. The highest BCUT2D eigenvalue weighted by atomic mass is 35.5. The number of hydrogen-bond acceptors (Lipinski definition) is 8. The quantitative estimate of drug-likeness (QED) is 0.389. The Kier molecular flexibility index (Phi) is 9.78. The first-order valence-corrected chi connectivity index (χ1v) is 17.4. The third-order valence-corrected chi connectivity index (χ3v) is 12.1. The Hall–Kier alpha value is -2.24. The van der Waals surface area contributed by atoms with Gasteiger partial charge in [-0.2, -0.15) is 5.26 Å². The van der Waals surface area contributed by atoms with Gasteiger partial charge in [0.05, 0.1) is 33.5 Å². The van der Waals surface area contributed by atoms with Crippen LogP contribution in [0.4, 0.5) is 0 Å². The lowest BCUT2D eigenvalue weighted by atomic mass is 9.93. The monoisotopic (exact) mass is 613 g/mol. The Labute approximate surface area is 241 Å². The second-order valence-electron chi connectivity index (χ2n) is 10.7. The molecule has 40 heavy (non-hydrogen) atoms. The third-order valence-electron chi connectivity index (χ3n) is 8.15. The number of sulfone groups is 1. The molecule has 3 fully saturated rings. The van der Waals surface area contributed by atoms with Gasteiger partial charge in [-0.05, 0) is 50.7 Å². The van der Waals surface area contributed by atoms with Gasteiger partial charge in [0, 0.05) is 45.2 Å². The van der Waals surface area contributed by atoms with Crippen LogP contribution in [0.15, 0.2) is 29.2 Å². The number of unbranched alkanes of at least 4 members (excludes halogenated alkanes) is 2. The van der Waals surface area contributed by atoms with Crippen molar-refractivity contribution in [1.29, 1.82) is 5.26 Å². The minimum absolute atomic E-state index is 0.0189. The fraction of sp³-hybridized carbons (Fsp3) is 0.654. The minimum atomic E-state index is -3.92. The lowest BCUT2D eigenvalue weighted by Crippen LogP contribution is -2.63. The molecule has 1 aromatic carbocycles. The van der Waals surface area contributed by atoms with E-state index in [1.807, 2.05) is 0 Å². The summed E-state index contributed by atoms with van der Waals surface area (Å²) in [7, 11) is -7.19. The molecular weight excluding hydrogens is 578 g/mol. The van der Waals surface area contributed by atoms with Gasteiger partial charge in [0.2, 0.25) is 21.8 Å². The van der Waals surface area contributed by atoms with E-state index in [9.17, 15) is 26.4 Å². The number of carbonyl (C=O) groups is 2. The van der Waals surface area contributed by atoms with E-state index in [-0.39, 0.29) is 34.8 Å². The molecule has 1 N–H and O–H groups in total. The number of benzene rings is 1. The zero-order valence-corrected chi connectivity index (χ0v) is 24.9. The summed E-state index contributed by atoms with van der Waals surface area (Å²) in [6.07, 6.45) is 4.56. The number of nitrogens with one attached hydrogen (secondary N) is 1. The maximum atomic E-state index is 13.9. The number of nitrogens with zero attached hydrogens (tertiary/aromatic N) is 4. The maximum Gasteiger partial charge on any atom is 0.242 e. The molecule has 0 radical (unpaired) electrons. The van der Waals surface area contributed by atoms with Crippen molar-refractivity contribution in [2.75, 3.05) is 39.0 Å². The molecule has 4 rings (SSSR count). The number of carbonyl (C=O) groups excluding carboxylic acids is 2. The number of hydrogen-bond donors (Lipinski definition) is 1. The molecule has 3 aliphatic heterocycles. The zero-order chi connectivity index (χ0) is 29.1. The highest BCUT2D eigenvalue weighted by Crippen LogP contribution is 2.35. The van der Waals surface area contributed by atoms with E-state index in [1.54, 1.807) is 12.1 Å². The van der Waals surface area contributed by atoms with E-state index in [0.29, 0.717) is 64.7 Å². The number of likely N-dealkylation sites (tertiary alicyclic amines) is 2. The molecule has 0 aliphatic carbocycles. The Morgan fingerprint density at radius 3 is 2.35 bits per heavy atom. The normalized spacial score (nSPS) is 24.8. The molecule has 3 heterocycles. The number of halogens is 1. The first-order chi connectivity index (χ1) is 18.9. The highest BCUT2D eigenvalue weighted by molar-refractivity contribution is 7.92. The standard InChI is InChI=1S/C26H36ClN5O6S2/c1-39(35,36)30-14-9-19(10-15-30)31-16-11-22(31)26(34)32-18-20(40(37,38)24-8-4-3-7-21(24)27)17-23(32)25(33)29-13-6-2-5-12-28/h3-4,7-8,19-20,22-23H,2,5-6,9-11,13-18H2,1H3,(H,29,33)/t20-,22?,23+/m1/s1. The molecule has 1 unspecified atom stereocenters. The van der Waals surface area contributed by atoms with Crippen LogP contribution < -0.4 is 5.32 Å². The molecule has 220 valence electrons. The number of amides is 2. The van der Waals surface area contributed by atoms with E-state index in [0.717, 1.165) is 0 Å². The Morgan fingerprint density at radius 2 is 1.75 bits per heavy atom. The van der Waals surface area contributed by atoms with Crippen LogP contribution in [0.2, 0.25) is 5.02 Å². The molecule has 3 atom stereocenters. The average molecular weight is 614 g/mol. The fourth-order valence-corrected chi connectivity index (χ4v) is 8.93. The highest BCUT2D eigenvalue weighted by Gasteiger charge is 2.50. The van der Waals surface area contributed by atoms with Crippen molar-refractivity contribution in [2.45, 2.75) is 73.2 Å². The van der Waals surface area contributed by atoms with Crippen molar-refractivity contribution in [3.8, 4) is 6.07 Å². The molecule has 1 aromatic rings. The van der Waals surface area contributed by atoms with E-state index < -0.39 is 43.1 Å². The molecule has 11 nitrogen and oxygen atoms in total. The Bertz CT molecular complexity index is 1360. The first kappa shape index (κ1) is 30.7. The van der Waals surface area contributed by atoms with Crippen LogP contribution in [-0.4, -0.2) is 105 Å². The summed E-state index contributed by atoms with van der Waals surface area (Å²) in [6.45, 7) is 1.68. The van der Waals surface area contributed by atoms with Gasteiger partial charge in [0.25, 0.3) is 0 Å². The van der Waals surface area contributed by atoms with Crippen molar-refractivity contribution < 1.29 is 26.4 Å². The van der Waals surface area contributed by atoms with E-state index >= 15 is 0 Å². The topological polar surface area (TPSA) is 148 Å². The second kappa shape index (κ2) is 12.7. The fourth-order valence-electron chi connectivity index (χ4n) is 5.83. The number of rotatable bonds is 10. The largest absolute Gasteiger partial charge is 0.354 e. The van der Waals surface area contributed by atoms with E-state index in [2.05, 4.69) is 16.3 Å². The summed E-state index contributed by atoms with van der Waals surface area (Å²) in [5, 5.41) is 10.7. The second-order valence-corrected chi connectivity index (χ2v) is 15.3. The summed E-state index contributed by atoms with van der Waals surface area (Å²) in [4.78, 5) is 30.5. The van der Waals surface area contributed by atoms with Crippen LogP contribution in [-0.2, 0) is 29.4 Å². The van der Waals surface area contributed by atoms with Gasteiger partial charge >= 0.3 is 0 Å². The Morgan fingerprint density at radius 1 is 1.05 bits per heavy atom. The molecule has 3 aliphatic rings. The van der Waals surface area contributed by atoms with Crippen LogP contribution in [0.5, 0.6) is 0 Å². The van der Waals surface area contributed by atoms with Gasteiger partial charge in [-0.1, -0.05) is 23.7 Å². The van der Waals surface area contributed by atoms with Crippen molar-refractivity contribution in [3.05, 3.63) is 29.3 Å². The smallest absolute Gasteiger partial charge is 0.242 e. The lowest BCUT2D eigenvalue weighted by molar-refractivity contribution is -0.148. The van der Waals surface area contributed by atoms with Gasteiger partial charge in [-0.15, -0.1) is 0 Å². The summed E-state index contributed by atoms with van der Waals surface area (Å²) in [6, 6.07) is 6.83. The summed E-state index contributed by atoms with van der Waals surface area (Å²) in [5.74, 6) is -0.687. The van der Waals surface area contributed by atoms with E-state index in [4.69, 9.17) is 16.9 Å². The van der Waals surface area contributed by atoms with Crippen LogP contribution in [0.1, 0.15) is 44.9 Å². The molecule has 3 saturated heterocycles. The van der Waals surface area contributed by atoms with Crippen LogP contribution in [0, 0.1) is 11.3 Å². The third kappa shape index (κ3) is 6.62. The van der Waals surface area contributed by atoms with E-state index in [1.165, 1.54) is 27.6 Å². The molecule has 2 amide bonds. The maximum absolute atomic E-state index is 13.9. The molecular formula is C26H36ClN5O6S2. The van der Waals surface area contributed by atoms with Gasteiger partial charge < -0.3 is 10.2 Å². The summed E-state index contributed by atoms with van der Waals surface area (Å²) < 4.78 is 52.3. The van der Waals surface area contributed by atoms with Gasteiger partial charge in [-0.3, -0.25) is 14.5 Å². The molecule has 0 saturated carbocycles. The SMILES string of the molecule is CS(=O)(=O)N1CCC(N2CCC2C(=O)N2C[C@H](S(=O)(=O)c3ccccc3Cl)C[C@H]2C(=O)NCCCCC#N)CC1. The predicted molar refractivity (Wildman–Crippen MR) is 150 cm³/mol. The predicted octanol–water partition coefficient (Wildman–Crippen LogP) is 1.39. The molecule has 14 heteroatoms. The number of sulfonamides is 1. The van der Waals surface area contributed by atoms with Gasteiger partial charge in [0.15, 0.2) is 9.84 Å². The zero-order valence-electron chi connectivity index (χ0n) is 22.5. The van der Waals surface area contributed by atoms with Crippen molar-refractivity contribution in [3.63, 3.8) is 0 Å². The van der Waals surface area contributed by atoms with Crippen LogP contribution in [0.25, 0.3) is 0 Å². The number of nitriles is 1. The lowest BCUT2D eigenvalue weighted by Gasteiger charge is -2.48. The van der Waals surface area contributed by atoms with Crippen molar-refractivity contribution in [2.24, 2.45) is 0 Å². The van der Waals surface area contributed by atoms with Gasteiger partial charge in [-0.25, -0.2) is 21.1 Å². The molecule has 0 spiro atoms. The Balaban J connectivity index is 1.49.